The molecule has 0 aliphatic rings. The highest BCUT2D eigenvalue weighted by Gasteiger charge is 2.31. The molecule has 0 fully saturated rings. The normalized spacial score (nSPS) is 11.5. The number of anilines is 1. The van der Waals surface area contributed by atoms with E-state index in [0.717, 1.165) is 40.7 Å². The van der Waals surface area contributed by atoms with Crippen molar-refractivity contribution in [1.29, 1.82) is 0 Å². The van der Waals surface area contributed by atoms with Crippen LogP contribution in [0.5, 0.6) is 0 Å². The first-order chi connectivity index (χ1) is 15.7. The van der Waals surface area contributed by atoms with Crippen molar-refractivity contribution in [2.45, 2.75) is 25.2 Å². The molecule has 1 amide bonds. The van der Waals surface area contributed by atoms with Gasteiger partial charge >= 0.3 is 6.18 Å². The number of aryl methyl sites for hydroxylation is 2. The van der Waals surface area contributed by atoms with Gasteiger partial charge in [0.25, 0.3) is 0 Å². The largest absolute Gasteiger partial charge is 0.416 e. The van der Waals surface area contributed by atoms with Crippen LogP contribution >= 0.6 is 11.8 Å². The van der Waals surface area contributed by atoms with Crippen molar-refractivity contribution in [3.05, 3.63) is 65.7 Å². The van der Waals surface area contributed by atoms with Gasteiger partial charge in [0.05, 0.1) is 28.4 Å². The SMILES string of the molecule is Cc1cccc(C)c1-n1nnnc1SCC(=O)Nc1cc(C(F)(F)F)ccc1-n1cncn1. The summed E-state index contributed by atoms with van der Waals surface area (Å²) in [6.07, 6.45) is -2.00. The van der Waals surface area contributed by atoms with Crippen LogP contribution in [0.2, 0.25) is 0 Å². The predicted octanol–water partition coefficient (Wildman–Crippen LogP) is 3.61. The van der Waals surface area contributed by atoms with Crippen molar-refractivity contribution in [2.24, 2.45) is 0 Å². The number of benzene rings is 2. The van der Waals surface area contributed by atoms with Crippen LogP contribution in [0, 0.1) is 13.8 Å². The first-order valence-electron chi connectivity index (χ1n) is 9.58. The second kappa shape index (κ2) is 9.02. The summed E-state index contributed by atoms with van der Waals surface area (Å²) in [5.41, 5.74) is 2.02. The van der Waals surface area contributed by atoms with E-state index in [4.69, 9.17) is 0 Å². The molecule has 9 nitrogen and oxygen atoms in total. The molecule has 33 heavy (non-hydrogen) atoms. The molecule has 170 valence electrons. The van der Waals surface area contributed by atoms with Crippen molar-refractivity contribution in [1.82, 2.24) is 35.0 Å². The number of nitrogens with zero attached hydrogens (tertiary/aromatic N) is 7. The lowest BCUT2D eigenvalue weighted by Crippen LogP contribution is -2.17. The molecule has 1 N–H and O–H groups in total. The molecule has 2 heterocycles. The summed E-state index contributed by atoms with van der Waals surface area (Å²) in [5, 5.41) is 18.5. The lowest BCUT2D eigenvalue weighted by molar-refractivity contribution is -0.137. The topological polar surface area (TPSA) is 103 Å². The Bertz CT molecular complexity index is 1270. The number of hydrogen-bond donors (Lipinski definition) is 1. The van der Waals surface area contributed by atoms with E-state index in [9.17, 15) is 18.0 Å². The van der Waals surface area contributed by atoms with Gasteiger partial charge in [0.1, 0.15) is 12.7 Å². The van der Waals surface area contributed by atoms with Gasteiger partial charge in [0.2, 0.25) is 11.1 Å². The van der Waals surface area contributed by atoms with Crippen LogP contribution in [0.15, 0.2) is 54.2 Å². The predicted molar refractivity (Wildman–Crippen MR) is 114 cm³/mol. The van der Waals surface area contributed by atoms with Gasteiger partial charge < -0.3 is 5.32 Å². The van der Waals surface area contributed by atoms with Gasteiger partial charge in [-0.3, -0.25) is 4.79 Å². The Morgan fingerprint density at radius 2 is 1.91 bits per heavy atom. The number of hydrogen-bond acceptors (Lipinski definition) is 7. The van der Waals surface area contributed by atoms with E-state index in [2.05, 4.69) is 30.9 Å². The van der Waals surface area contributed by atoms with Crippen molar-refractivity contribution >= 4 is 23.4 Å². The Morgan fingerprint density at radius 1 is 1.15 bits per heavy atom. The van der Waals surface area contributed by atoms with Crippen molar-refractivity contribution in [2.75, 3.05) is 11.1 Å². The maximum absolute atomic E-state index is 13.2. The summed E-state index contributed by atoms with van der Waals surface area (Å²) in [6, 6.07) is 8.76. The fourth-order valence-corrected chi connectivity index (χ4v) is 3.89. The number of carbonyl (C=O) groups excluding carboxylic acids is 1. The van der Waals surface area contributed by atoms with E-state index < -0.39 is 17.6 Å². The Kier molecular flexibility index (Phi) is 6.14. The maximum atomic E-state index is 13.2. The average Bonchev–Trinajstić information content (AvgIpc) is 3.44. The quantitative estimate of drug-likeness (QED) is 0.426. The number of alkyl halides is 3. The molecule has 0 radical (unpaired) electrons. The second-order valence-corrected chi connectivity index (χ2v) is 7.96. The number of halogens is 3. The van der Waals surface area contributed by atoms with Gasteiger partial charge in [0.15, 0.2) is 0 Å². The zero-order valence-corrected chi connectivity index (χ0v) is 18.2. The molecule has 0 saturated carbocycles. The Balaban J connectivity index is 1.55. The number of thioether (sulfide) groups is 1. The smallest absolute Gasteiger partial charge is 0.323 e. The van der Waals surface area contributed by atoms with Crippen LogP contribution in [-0.2, 0) is 11.0 Å². The van der Waals surface area contributed by atoms with Crippen LogP contribution in [0.4, 0.5) is 18.9 Å². The standard InChI is InChI=1S/C20H17F3N8OS/c1-12-4-3-5-13(2)18(12)31-19(27-28-29-31)33-9-17(32)26-15-8-14(20(21,22)23)6-7-16(15)30-11-24-10-25-30/h3-8,10-11H,9H2,1-2H3,(H,26,32). The fraction of sp³-hybridized carbons (Fsp3) is 0.200. The molecular formula is C20H17F3N8OS. The van der Waals surface area contributed by atoms with E-state index in [0.29, 0.717) is 5.16 Å². The zero-order valence-electron chi connectivity index (χ0n) is 17.4. The van der Waals surface area contributed by atoms with Gasteiger partial charge in [0, 0.05) is 0 Å². The number of rotatable bonds is 6. The molecule has 2 aromatic carbocycles. The first kappa shape index (κ1) is 22.5. The van der Waals surface area contributed by atoms with Crippen LogP contribution in [-0.4, -0.2) is 46.6 Å². The van der Waals surface area contributed by atoms with Crippen LogP contribution in [0.3, 0.4) is 0 Å². The van der Waals surface area contributed by atoms with Gasteiger partial charge in [-0.25, -0.2) is 9.67 Å². The molecule has 2 aromatic heterocycles. The molecular weight excluding hydrogens is 457 g/mol. The van der Waals surface area contributed by atoms with Gasteiger partial charge in [-0.15, -0.1) is 5.10 Å². The van der Waals surface area contributed by atoms with Crippen LogP contribution < -0.4 is 5.32 Å². The molecule has 0 saturated heterocycles. The average molecular weight is 474 g/mol. The molecule has 0 atom stereocenters. The van der Waals surface area contributed by atoms with E-state index in [1.54, 1.807) is 0 Å². The molecule has 0 unspecified atom stereocenters. The van der Waals surface area contributed by atoms with Crippen LogP contribution in [0.1, 0.15) is 16.7 Å². The second-order valence-electron chi connectivity index (χ2n) is 7.02. The van der Waals surface area contributed by atoms with Gasteiger partial charge in [-0.2, -0.15) is 23.0 Å². The van der Waals surface area contributed by atoms with Gasteiger partial charge in [-0.1, -0.05) is 30.0 Å². The molecule has 4 rings (SSSR count). The molecule has 4 aromatic rings. The van der Waals surface area contributed by atoms with E-state index in [-0.39, 0.29) is 17.1 Å². The number of tetrazole rings is 1. The minimum atomic E-state index is -4.57. The lowest BCUT2D eigenvalue weighted by Gasteiger charge is -2.14. The zero-order chi connectivity index (χ0) is 23.6. The fourth-order valence-electron chi connectivity index (χ4n) is 3.21. The summed E-state index contributed by atoms with van der Waals surface area (Å²) in [7, 11) is 0. The van der Waals surface area contributed by atoms with Crippen molar-refractivity contribution in [3.63, 3.8) is 0 Å². The first-order valence-corrected chi connectivity index (χ1v) is 10.6. The van der Waals surface area contributed by atoms with Crippen molar-refractivity contribution < 1.29 is 18.0 Å². The lowest BCUT2D eigenvalue weighted by atomic mass is 10.1. The molecule has 0 bridgehead atoms. The number of para-hydroxylation sites is 1. The highest BCUT2D eigenvalue weighted by atomic mass is 32.2. The third-order valence-electron chi connectivity index (χ3n) is 4.69. The number of amides is 1. The Labute approximate surface area is 190 Å². The molecule has 0 spiro atoms. The summed E-state index contributed by atoms with van der Waals surface area (Å²) in [4.78, 5) is 16.4. The van der Waals surface area contributed by atoms with E-state index >= 15 is 0 Å². The van der Waals surface area contributed by atoms with E-state index in [1.807, 2.05) is 32.0 Å². The van der Waals surface area contributed by atoms with E-state index in [1.165, 1.54) is 28.1 Å². The summed E-state index contributed by atoms with van der Waals surface area (Å²) in [5.74, 6) is -0.657. The highest BCUT2D eigenvalue weighted by Crippen LogP contribution is 2.33. The monoisotopic (exact) mass is 474 g/mol. The Hall–Kier alpha value is -3.74. The molecule has 13 heteroatoms. The minimum absolute atomic E-state index is 0.0461. The van der Waals surface area contributed by atoms with Crippen LogP contribution in [0.25, 0.3) is 11.4 Å². The summed E-state index contributed by atoms with van der Waals surface area (Å²) in [6.45, 7) is 3.84. The maximum Gasteiger partial charge on any atom is 0.416 e. The number of nitrogens with one attached hydrogen (secondary N) is 1. The molecule has 0 aliphatic heterocycles. The number of aromatic nitrogens is 7. The third-order valence-corrected chi connectivity index (χ3v) is 5.61. The minimum Gasteiger partial charge on any atom is -0.323 e. The number of carbonyl (C=O) groups is 1. The van der Waals surface area contributed by atoms with Gasteiger partial charge in [-0.05, 0) is 53.6 Å². The molecule has 0 aliphatic carbocycles. The third kappa shape index (κ3) is 4.87. The summed E-state index contributed by atoms with van der Waals surface area (Å²) < 4.78 is 42.4. The van der Waals surface area contributed by atoms with Crippen molar-refractivity contribution in [3.8, 4) is 11.4 Å². The highest BCUT2D eigenvalue weighted by molar-refractivity contribution is 7.99. The summed E-state index contributed by atoms with van der Waals surface area (Å²) >= 11 is 1.06. The Morgan fingerprint density at radius 3 is 2.58 bits per heavy atom.